The number of fused-ring (bicyclic) bond motifs is 1. The molecule has 1 aliphatic heterocycles. The van der Waals surface area contributed by atoms with Crippen molar-refractivity contribution in [1.29, 1.82) is 0 Å². The minimum Gasteiger partial charge on any atom is -0.322 e. The maximum absolute atomic E-state index is 12.9. The highest BCUT2D eigenvalue weighted by atomic mass is 35.5. The molecule has 6 nitrogen and oxygen atoms in total. The van der Waals surface area contributed by atoms with Crippen molar-refractivity contribution in [2.75, 3.05) is 18.4 Å². The van der Waals surface area contributed by atoms with E-state index >= 15 is 0 Å². The second-order valence-corrected chi connectivity index (χ2v) is 11.1. The van der Waals surface area contributed by atoms with Gasteiger partial charge in [0.2, 0.25) is 10.0 Å². The summed E-state index contributed by atoms with van der Waals surface area (Å²) in [5, 5.41) is 3.90. The Kier molecular flexibility index (Phi) is 5.92. The van der Waals surface area contributed by atoms with E-state index in [0.29, 0.717) is 18.8 Å². The molecule has 0 radical (unpaired) electrons. The Morgan fingerprint density at radius 3 is 2.45 bits per heavy atom. The molecular formula is C24H20ClN3O3S2. The van der Waals surface area contributed by atoms with Gasteiger partial charge in [0, 0.05) is 24.3 Å². The number of nitrogens with one attached hydrogen (secondary N) is 1. The maximum atomic E-state index is 12.9. The summed E-state index contributed by atoms with van der Waals surface area (Å²) in [4.78, 5) is 17.6. The van der Waals surface area contributed by atoms with Crippen LogP contribution >= 0.6 is 22.9 Å². The lowest BCUT2D eigenvalue weighted by Crippen LogP contribution is -2.28. The van der Waals surface area contributed by atoms with Crippen molar-refractivity contribution in [2.45, 2.75) is 17.7 Å². The molecule has 5 rings (SSSR count). The molecule has 33 heavy (non-hydrogen) atoms. The van der Waals surface area contributed by atoms with E-state index in [1.807, 2.05) is 36.4 Å². The number of amides is 1. The Balaban J connectivity index is 1.36. The number of halogens is 1. The van der Waals surface area contributed by atoms with Crippen LogP contribution in [-0.4, -0.2) is 36.7 Å². The molecule has 0 unspecified atom stereocenters. The van der Waals surface area contributed by atoms with E-state index in [1.165, 1.54) is 22.5 Å². The number of nitrogens with zero attached hydrogens (tertiary/aromatic N) is 2. The summed E-state index contributed by atoms with van der Waals surface area (Å²) in [6, 6.07) is 19.6. The van der Waals surface area contributed by atoms with Gasteiger partial charge in [0.25, 0.3) is 5.91 Å². The monoisotopic (exact) mass is 497 g/mol. The summed E-state index contributed by atoms with van der Waals surface area (Å²) in [5.74, 6) is -0.466. The fraction of sp³-hybridized carbons (Fsp3) is 0.167. The lowest BCUT2D eigenvalue weighted by molar-refractivity contribution is 0.102. The summed E-state index contributed by atoms with van der Waals surface area (Å²) in [6.45, 7) is 0.987. The lowest BCUT2D eigenvalue weighted by Gasteiger charge is -2.16. The van der Waals surface area contributed by atoms with Crippen LogP contribution in [0.15, 0.2) is 71.6 Å². The standard InChI is InChI=1S/C24H20ClN3O3S2/c25-20-12-11-18(33(30,31)28-13-3-4-14-28)15-19(20)23(29)26-17-9-7-16(8-10-17)24-27-21-5-1-2-6-22(21)32-24/h1-2,5-12,15H,3-4,13-14H2,(H,26,29). The summed E-state index contributed by atoms with van der Waals surface area (Å²) >= 11 is 7.84. The molecule has 1 fully saturated rings. The first-order chi connectivity index (χ1) is 15.9. The van der Waals surface area contributed by atoms with Gasteiger partial charge < -0.3 is 5.32 Å². The average molecular weight is 498 g/mol. The SMILES string of the molecule is O=C(Nc1ccc(-c2nc3ccccc3s2)cc1)c1cc(S(=O)(=O)N2CCCC2)ccc1Cl. The first kappa shape index (κ1) is 22.0. The van der Waals surface area contributed by atoms with Crippen molar-refractivity contribution in [3.63, 3.8) is 0 Å². The summed E-state index contributed by atoms with van der Waals surface area (Å²) in [5.41, 5.74) is 2.60. The molecule has 1 aliphatic rings. The van der Waals surface area contributed by atoms with Crippen LogP contribution < -0.4 is 5.32 Å². The van der Waals surface area contributed by atoms with Gasteiger partial charge in [-0.1, -0.05) is 23.7 Å². The molecule has 4 aromatic rings. The third-order valence-corrected chi connectivity index (χ3v) is 8.88. The number of thiazole rings is 1. The molecule has 168 valence electrons. The average Bonchev–Trinajstić information content (AvgIpc) is 3.50. The van der Waals surface area contributed by atoms with Gasteiger partial charge in [-0.2, -0.15) is 4.31 Å². The number of hydrogen-bond acceptors (Lipinski definition) is 5. The summed E-state index contributed by atoms with van der Waals surface area (Å²) in [6.07, 6.45) is 1.68. The minimum atomic E-state index is -3.64. The maximum Gasteiger partial charge on any atom is 0.257 e. The summed E-state index contributed by atoms with van der Waals surface area (Å²) < 4.78 is 28.3. The number of hydrogen-bond donors (Lipinski definition) is 1. The van der Waals surface area contributed by atoms with Gasteiger partial charge in [-0.15, -0.1) is 11.3 Å². The molecule has 1 aromatic heterocycles. The smallest absolute Gasteiger partial charge is 0.257 e. The zero-order valence-corrected chi connectivity index (χ0v) is 19.9. The van der Waals surface area contributed by atoms with Gasteiger partial charge in [0.15, 0.2) is 0 Å². The van der Waals surface area contributed by atoms with Crippen LogP contribution in [-0.2, 0) is 10.0 Å². The van der Waals surface area contributed by atoms with Gasteiger partial charge in [0.05, 0.1) is 25.7 Å². The summed E-state index contributed by atoms with van der Waals surface area (Å²) in [7, 11) is -3.64. The Labute approximate surface area is 200 Å². The van der Waals surface area contributed by atoms with Crippen LogP contribution in [0.3, 0.4) is 0 Å². The van der Waals surface area contributed by atoms with Crippen molar-refractivity contribution in [2.24, 2.45) is 0 Å². The second-order valence-electron chi connectivity index (χ2n) is 7.77. The van der Waals surface area contributed by atoms with E-state index in [9.17, 15) is 13.2 Å². The zero-order chi connectivity index (χ0) is 23.0. The van der Waals surface area contributed by atoms with Gasteiger partial charge in [0.1, 0.15) is 5.01 Å². The Bertz CT molecular complexity index is 1410. The minimum absolute atomic E-state index is 0.0742. The predicted molar refractivity (Wildman–Crippen MR) is 132 cm³/mol. The van der Waals surface area contributed by atoms with Crippen LogP contribution in [0.25, 0.3) is 20.8 Å². The van der Waals surface area contributed by atoms with Gasteiger partial charge in [-0.25, -0.2) is 13.4 Å². The normalized spacial score (nSPS) is 14.6. The molecule has 2 heterocycles. The number of benzene rings is 3. The number of anilines is 1. The lowest BCUT2D eigenvalue weighted by atomic mass is 10.2. The number of sulfonamides is 1. The molecule has 1 N–H and O–H groups in total. The molecule has 1 amide bonds. The number of carbonyl (C=O) groups is 1. The van der Waals surface area contributed by atoms with Crippen LogP contribution in [0.4, 0.5) is 5.69 Å². The van der Waals surface area contributed by atoms with E-state index in [4.69, 9.17) is 11.6 Å². The fourth-order valence-electron chi connectivity index (χ4n) is 3.81. The topological polar surface area (TPSA) is 79.4 Å². The van der Waals surface area contributed by atoms with Crippen molar-refractivity contribution in [3.8, 4) is 10.6 Å². The van der Waals surface area contributed by atoms with Crippen LogP contribution in [0.1, 0.15) is 23.2 Å². The van der Waals surface area contributed by atoms with Crippen molar-refractivity contribution in [1.82, 2.24) is 9.29 Å². The highest BCUT2D eigenvalue weighted by Crippen LogP contribution is 2.31. The van der Waals surface area contributed by atoms with E-state index in [0.717, 1.165) is 33.6 Å². The first-order valence-corrected chi connectivity index (χ1v) is 13.1. The number of aromatic nitrogens is 1. The molecule has 0 aliphatic carbocycles. The van der Waals surface area contributed by atoms with Crippen LogP contribution in [0.2, 0.25) is 5.02 Å². The van der Waals surface area contributed by atoms with Crippen molar-refractivity contribution < 1.29 is 13.2 Å². The molecule has 0 saturated carbocycles. The van der Waals surface area contributed by atoms with E-state index in [1.54, 1.807) is 23.5 Å². The molecule has 1 saturated heterocycles. The number of carbonyl (C=O) groups excluding carboxylic acids is 1. The second kappa shape index (κ2) is 8.87. The third kappa shape index (κ3) is 4.39. The highest BCUT2D eigenvalue weighted by molar-refractivity contribution is 7.89. The van der Waals surface area contributed by atoms with Gasteiger partial charge in [-0.3, -0.25) is 4.79 Å². The molecule has 3 aromatic carbocycles. The zero-order valence-electron chi connectivity index (χ0n) is 17.5. The third-order valence-electron chi connectivity index (χ3n) is 5.57. The molecule has 0 atom stereocenters. The molecule has 0 bridgehead atoms. The van der Waals surface area contributed by atoms with Crippen LogP contribution in [0.5, 0.6) is 0 Å². The van der Waals surface area contributed by atoms with E-state index in [2.05, 4.69) is 10.3 Å². The van der Waals surface area contributed by atoms with Gasteiger partial charge in [-0.05, 0) is 67.4 Å². The quantitative estimate of drug-likeness (QED) is 0.386. The predicted octanol–water partition coefficient (Wildman–Crippen LogP) is 5.65. The van der Waals surface area contributed by atoms with Crippen LogP contribution in [0, 0.1) is 0 Å². The van der Waals surface area contributed by atoms with E-state index < -0.39 is 15.9 Å². The Morgan fingerprint density at radius 1 is 1.00 bits per heavy atom. The Morgan fingerprint density at radius 2 is 1.73 bits per heavy atom. The molecule has 0 spiro atoms. The highest BCUT2D eigenvalue weighted by Gasteiger charge is 2.28. The first-order valence-electron chi connectivity index (χ1n) is 10.5. The molecular weight excluding hydrogens is 478 g/mol. The fourth-order valence-corrected chi connectivity index (χ4v) is 6.52. The number of rotatable bonds is 5. The van der Waals surface area contributed by atoms with Crippen molar-refractivity contribution in [3.05, 3.63) is 77.3 Å². The molecule has 9 heteroatoms. The van der Waals surface area contributed by atoms with Crippen molar-refractivity contribution >= 4 is 54.8 Å². The number of para-hydroxylation sites is 1. The largest absolute Gasteiger partial charge is 0.322 e. The van der Waals surface area contributed by atoms with Gasteiger partial charge >= 0.3 is 0 Å². The van der Waals surface area contributed by atoms with E-state index in [-0.39, 0.29) is 15.5 Å². The Hall–Kier alpha value is -2.78.